The molecule has 0 aliphatic heterocycles. The highest BCUT2D eigenvalue weighted by Crippen LogP contribution is 2.19. The van der Waals surface area contributed by atoms with E-state index in [-0.39, 0.29) is 6.10 Å². The third-order valence-corrected chi connectivity index (χ3v) is 1.61. The Labute approximate surface area is 89.8 Å². The quantitative estimate of drug-likeness (QED) is 0.701. The zero-order valence-corrected chi connectivity index (χ0v) is 9.17. The van der Waals surface area contributed by atoms with Crippen LogP contribution in [0.15, 0.2) is 18.2 Å². The van der Waals surface area contributed by atoms with Gasteiger partial charge < -0.3 is 9.47 Å². The molecule has 1 rings (SSSR count). The van der Waals surface area contributed by atoms with E-state index in [9.17, 15) is 0 Å². The van der Waals surface area contributed by atoms with Crippen molar-refractivity contribution in [3.63, 3.8) is 0 Å². The van der Waals surface area contributed by atoms with Gasteiger partial charge in [-0.1, -0.05) is 0 Å². The summed E-state index contributed by atoms with van der Waals surface area (Å²) in [5.74, 6) is 1.99. The molecule has 0 aromatic heterocycles. The van der Waals surface area contributed by atoms with E-state index in [1.54, 1.807) is 12.1 Å². The first kappa shape index (κ1) is 11.2. The van der Waals surface area contributed by atoms with Gasteiger partial charge in [-0.3, -0.25) is 0 Å². The molecular formula is C11H14ClO2. The summed E-state index contributed by atoms with van der Waals surface area (Å²) in [5.41, 5.74) is 0. The highest BCUT2D eigenvalue weighted by molar-refractivity contribution is 6.17. The van der Waals surface area contributed by atoms with Crippen molar-refractivity contribution in [2.45, 2.75) is 20.0 Å². The lowest BCUT2D eigenvalue weighted by atomic mass is 10.3. The van der Waals surface area contributed by atoms with Crippen molar-refractivity contribution in [2.24, 2.45) is 0 Å². The van der Waals surface area contributed by atoms with E-state index in [4.69, 9.17) is 21.1 Å². The molecule has 0 aliphatic rings. The number of hydrogen-bond acceptors (Lipinski definition) is 2. The van der Waals surface area contributed by atoms with Crippen LogP contribution in [0.1, 0.15) is 13.8 Å². The molecule has 0 heterocycles. The average molecular weight is 214 g/mol. The van der Waals surface area contributed by atoms with Crippen molar-refractivity contribution in [3.05, 3.63) is 24.3 Å². The molecular weight excluding hydrogens is 200 g/mol. The Balaban J connectivity index is 2.59. The molecule has 0 atom stereocenters. The van der Waals surface area contributed by atoms with Gasteiger partial charge in [0, 0.05) is 6.07 Å². The Morgan fingerprint density at radius 2 is 2.07 bits per heavy atom. The zero-order chi connectivity index (χ0) is 10.4. The predicted molar refractivity (Wildman–Crippen MR) is 57.3 cm³/mol. The summed E-state index contributed by atoms with van der Waals surface area (Å²) in [5, 5.41) is 0. The van der Waals surface area contributed by atoms with Crippen LogP contribution in [0, 0.1) is 6.07 Å². The second-order valence-electron chi connectivity index (χ2n) is 3.11. The molecule has 0 spiro atoms. The first-order chi connectivity index (χ1) is 6.72. The summed E-state index contributed by atoms with van der Waals surface area (Å²) >= 11 is 5.51. The predicted octanol–water partition coefficient (Wildman–Crippen LogP) is 2.89. The molecule has 0 aliphatic carbocycles. The van der Waals surface area contributed by atoms with Crippen LogP contribution >= 0.6 is 11.6 Å². The van der Waals surface area contributed by atoms with Crippen LogP contribution in [0.2, 0.25) is 0 Å². The molecule has 3 heteroatoms. The molecule has 1 radical (unpaired) electrons. The van der Waals surface area contributed by atoms with Gasteiger partial charge in [-0.25, -0.2) is 0 Å². The Kier molecular flexibility index (Phi) is 4.60. The summed E-state index contributed by atoms with van der Waals surface area (Å²) in [4.78, 5) is 0. The van der Waals surface area contributed by atoms with Crippen LogP contribution in [-0.2, 0) is 0 Å². The smallest absolute Gasteiger partial charge is 0.123 e. The summed E-state index contributed by atoms with van der Waals surface area (Å²) in [6.07, 6.45) is 0.159. The molecule has 0 saturated heterocycles. The summed E-state index contributed by atoms with van der Waals surface area (Å²) in [7, 11) is 0. The minimum Gasteiger partial charge on any atom is -0.492 e. The third-order valence-electron chi connectivity index (χ3n) is 1.45. The Bertz CT molecular complexity index is 274. The van der Waals surface area contributed by atoms with Gasteiger partial charge >= 0.3 is 0 Å². The molecule has 77 valence electrons. The Morgan fingerprint density at radius 1 is 1.36 bits per heavy atom. The molecule has 0 bridgehead atoms. The molecule has 14 heavy (non-hydrogen) atoms. The van der Waals surface area contributed by atoms with Crippen LogP contribution in [0.3, 0.4) is 0 Å². The molecule has 0 N–H and O–H groups in total. The van der Waals surface area contributed by atoms with Crippen molar-refractivity contribution in [2.75, 3.05) is 12.5 Å². The zero-order valence-electron chi connectivity index (χ0n) is 8.42. The van der Waals surface area contributed by atoms with Crippen molar-refractivity contribution in [3.8, 4) is 11.5 Å². The van der Waals surface area contributed by atoms with Crippen LogP contribution in [-0.4, -0.2) is 18.6 Å². The number of ether oxygens (including phenoxy) is 2. The normalized spacial score (nSPS) is 10.3. The standard InChI is InChI=1S/C11H14ClO2/c1-9(2)14-11-5-3-4-10(8-11)13-7-6-12/h4-5,8-9H,6-7H2,1-2H3. The van der Waals surface area contributed by atoms with Gasteiger partial charge in [0.25, 0.3) is 0 Å². The van der Waals surface area contributed by atoms with Gasteiger partial charge in [0.1, 0.15) is 18.1 Å². The van der Waals surface area contributed by atoms with Crippen molar-refractivity contribution in [1.29, 1.82) is 0 Å². The van der Waals surface area contributed by atoms with E-state index < -0.39 is 0 Å². The van der Waals surface area contributed by atoms with Crippen molar-refractivity contribution in [1.82, 2.24) is 0 Å². The fraction of sp³-hybridized carbons (Fsp3) is 0.455. The molecule has 0 amide bonds. The van der Waals surface area contributed by atoms with Crippen LogP contribution in [0.4, 0.5) is 0 Å². The van der Waals surface area contributed by atoms with Gasteiger partial charge in [-0.05, 0) is 32.0 Å². The Morgan fingerprint density at radius 3 is 2.71 bits per heavy atom. The van der Waals surface area contributed by atoms with Gasteiger partial charge in [-0.2, -0.15) is 0 Å². The van der Waals surface area contributed by atoms with Gasteiger partial charge in [0.05, 0.1) is 12.0 Å². The molecule has 0 saturated carbocycles. The van der Waals surface area contributed by atoms with E-state index in [0.29, 0.717) is 12.5 Å². The Hall–Kier alpha value is -0.890. The van der Waals surface area contributed by atoms with E-state index >= 15 is 0 Å². The molecule has 2 nitrogen and oxygen atoms in total. The SMILES string of the molecule is CC(C)Oc1c[c]cc(OCCCl)c1. The lowest BCUT2D eigenvalue weighted by Crippen LogP contribution is -2.05. The largest absolute Gasteiger partial charge is 0.492 e. The van der Waals surface area contributed by atoms with Crippen LogP contribution in [0.25, 0.3) is 0 Å². The minimum atomic E-state index is 0.159. The molecule has 0 fully saturated rings. The summed E-state index contributed by atoms with van der Waals surface area (Å²) < 4.78 is 10.8. The summed E-state index contributed by atoms with van der Waals surface area (Å²) in [6, 6.07) is 8.34. The second-order valence-corrected chi connectivity index (χ2v) is 3.49. The maximum atomic E-state index is 5.51. The number of alkyl halides is 1. The van der Waals surface area contributed by atoms with E-state index in [2.05, 4.69) is 6.07 Å². The van der Waals surface area contributed by atoms with Gasteiger partial charge in [0.2, 0.25) is 0 Å². The molecule has 0 unspecified atom stereocenters. The van der Waals surface area contributed by atoms with Crippen LogP contribution in [0.5, 0.6) is 11.5 Å². The minimum absolute atomic E-state index is 0.159. The first-order valence-corrected chi connectivity index (χ1v) is 5.12. The van der Waals surface area contributed by atoms with Gasteiger partial charge in [0.15, 0.2) is 0 Å². The maximum absolute atomic E-state index is 5.51. The lowest BCUT2D eigenvalue weighted by molar-refractivity contribution is 0.240. The maximum Gasteiger partial charge on any atom is 0.123 e. The third kappa shape index (κ3) is 3.88. The van der Waals surface area contributed by atoms with E-state index in [1.807, 2.05) is 19.9 Å². The fourth-order valence-electron chi connectivity index (χ4n) is 1.01. The highest BCUT2D eigenvalue weighted by atomic mass is 35.5. The molecule has 1 aromatic rings. The average Bonchev–Trinajstić information content (AvgIpc) is 2.14. The van der Waals surface area contributed by atoms with E-state index in [1.165, 1.54) is 0 Å². The topological polar surface area (TPSA) is 18.5 Å². The monoisotopic (exact) mass is 213 g/mol. The molecule has 1 aromatic carbocycles. The van der Waals surface area contributed by atoms with Crippen molar-refractivity contribution >= 4 is 11.6 Å². The second kappa shape index (κ2) is 5.76. The number of halogens is 1. The number of benzene rings is 1. The number of hydrogen-bond donors (Lipinski definition) is 0. The summed E-state index contributed by atoms with van der Waals surface area (Å²) in [6.45, 7) is 4.46. The van der Waals surface area contributed by atoms with Gasteiger partial charge in [-0.15, -0.1) is 11.6 Å². The first-order valence-electron chi connectivity index (χ1n) is 4.59. The van der Waals surface area contributed by atoms with Crippen LogP contribution < -0.4 is 9.47 Å². The van der Waals surface area contributed by atoms with Crippen molar-refractivity contribution < 1.29 is 9.47 Å². The highest BCUT2D eigenvalue weighted by Gasteiger charge is 1.99. The van der Waals surface area contributed by atoms with E-state index in [0.717, 1.165) is 11.5 Å². The number of rotatable bonds is 5. The lowest BCUT2D eigenvalue weighted by Gasteiger charge is -2.10. The fourth-order valence-corrected chi connectivity index (χ4v) is 1.09.